The van der Waals surface area contributed by atoms with E-state index in [9.17, 15) is 19.7 Å². The Balaban J connectivity index is 1.64. The molecule has 0 spiro atoms. The standard InChI is InChI=1S/C31H24ClN3O6/c1-31(2)16-23(36)26-24(17-31)41-28-27(25(26)18-7-6-8-21(15-18)35(38)39)29(37)34(20-13-11-19(32)12-14-20)30(33-28)40-22-9-4-3-5-10-22/h3-15,25H,16-17H2,1-2H3. The van der Waals surface area contributed by atoms with Gasteiger partial charge in [0.15, 0.2) is 5.78 Å². The molecule has 3 aromatic carbocycles. The van der Waals surface area contributed by atoms with E-state index >= 15 is 0 Å². The first-order valence-electron chi connectivity index (χ1n) is 13.0. The molecule has 0 N–H and O–H groups in total. The van der Waals surface area contributed by atoms with Gasteiger partial charge >= 0.3 is 6.01 Å². The van der Waals surface area contributed by atoms with Gasteiger partial charge < -0.3 is 9.47 Å². The van der Waals surface area contributed by atoms with Gasteiger partial charge in [0.2, 0.25) is 5.88 Å². The molecule has 6 rings (SSSR count). The van der Waals surface area contributed by atoms with E-state index in [-0.39, 0.29) is 40.8 Å². The number of rotatable bonds is 5. The number of hydrogen-bond acceptors (Lipinski definition) is 7. The number of halogens is 1. The van der Waals surface area contributed by atoms with Gasteiger partial charge in [0.1, 0.15) is 11.5 Å². The molecule has 2 heterocycles. The van der Waals surface area contributed by atoms with E-state index in [1.807, 2.05) is 19.9 Å². The lowest BCUT2D eigenvalue weighted by atomic mass is 9.70. The third kappa shape index (κ3) is 4.89. The molecule has 0 bridgehead atoms. The molecule has 2 aliphatic rings. The van der Waals surface area contributed by atoms with Crippen LogP contribution < -0.4 is 15.0 Å². The maximum Gasteiger partial charge on any atom is 0.312 e. The summed E-state index contributed by atoms with van der Waals surface area (Å²) in [6.45, 7) is 3.93. The summed E-state index contributed by atoms with van der Waals surface area (Å²) >= 11 is 6.13. The van der Waals surface area contributed by atoms with Crippen LogP contribution in [0.5, 0.6) is 17.6 Å². The Labute approximate surface area is 239 Å². The molecule has 206 valence electrons. The zero-order valence-electron chi connectivity index (χ0n) is 22.2. The smallest absolute Gasteiger partial charge is 0.312 e. The number of Topliss-reactive ketones (excluding diaryl/α,β-unsaturated/α-hetero) is 1. The summed E-state index contributed by atoms with van der Waals surface area (Å²) in [6, 6.07) is 21.4. The average Bonchev–Trinajstić information content (AvgIpc) is 2.93. The number of carbonyl (C=O) groups excluding carboxylic acids is 1. The quantitative estimate of drug-likeness (QED) is 0.193. The van der Waals surface area contributed by atoms with Crippen LogP contribution in [0.15, 0.2) is 95.0 Å². The normalized spacial score (nSPS) is 17.3. The number of nitrogens with zero attached hydrogens (tertiary/aromatic N) is 3. The van der Waals surface area contributed by atoms with Crippen molar-refractivity contribution in [3.63, 3.8) is 0 Å². The minimum absolute atomic E-state index is 0.00750. The third-order valence-corrected chi connectivity index (χ3v) is 7.43. The summed E-state index contributed by atoms with van der Waals surface area (Å²) in [5.41, 5.74) is 0.169. The molecule has 0 saturated heterocycles. The summed E-state index contributed by atoms with van der Waals surface area (Å²) in [6.07, 6.45) is 0.666. The fourth-order valence-corrected chi connectivity index (χ4v) is 5.53. The van der Waals surface area contributed by atoms with Crippen molar-refractivity contribution in [3.05, 3.63) is 127 Å². The Hall–Kier alpha value is -4.76. The molecule has 9 nitrogen and oxygen atoms in total. The number of fused-ring (bicyclic) bond motifs is 1. The third-order valence-electron chi connectivity index (χ3n) is 7.18. The molecule has 41 heavy (non-hydrogen) atoms. The first kappa shape index (κ1) is 26.5. The van der Waals surface area contributed by atoms with Crippen LogP contribution in [0.4, 0.5) is 5.69 Å². The number of ether oxygens (including phenoxy) is 2. The highest BCUT2D eigenvalue weighted by molar-refractivity contribution is 6.30. The zero-order valence-corrected chi connectivity index (χ0v) is 22.9. The van der Waals surface area contributed by atoms with Gasteiger partial charge in [0.25, 0.3) is 11.2 Å². The number of benzene rings is 3. The predicted molar refractivity (Wildman–Crippen MR) is 152 cm³/mol. The van der Waals surface area contributed by atoms with Crippen LogP contribution in [0.3, 0.4) is 0 Å². The fourth-order valence-electron chi connectivity index (χ4n) is 5.40. The highest BCUT2D eigenvalue weighted by atomic mass is 35.5. The van der Waals surface area contributed by atoms with Gasteiger partial charge in [0.05, 0.1) is 22.1 Å². The largest absolute Gasteiger partial charge is 0.442 e. The van der Waals surface area contributed by atoms with Gasteiger partial charge in [-0.15, -0.1) is 0 Å². The van der Waals surface area contributed by atoms with Crippen molar-refractivity contribution in [2.75, 3.05) is 0 Å². The summed E-state index contributed by atoms with van der Waals surface area (Å²) in [4.78, 5) is 43.9. The first-order valence-corrected chi connectivity index (χ1v) is 13.3. The topological polar surface area (TPSA) is 114 Å². The van der Waals surface area contributed by atoms with E-state index in [2.05, 4.69) is 4.98 Å². The highest BCUT2D eigenvalue weighted by Gasteiger charge is 2.45. The molecule has 1 aliphatic carbocycles. The number of nitro groups is 1. The lowest BCUT2D eigenvalue weighted by Gasteiger charge is -2.37. The van der Waals surface area contributed by atoms with Gasteiger partial charge in [-0.05, 0) is 47.4 Å². The van der Waals surface area contributed by atoms with Crippen LogP contribution in [-0.4, -0.2) is 20.3 Å². The van der Waals surface area contributed by atoms with Crippen LogP contribution >= 0.6 is 11.6 Å². The molecule has 0 amide bonds. The van der Waals surface area contributed by atoms with Crippen molar-refractivity contribution < 1.29 is 19.2 Å². The molecule has 0 radical (unpaired) electrons. The van der Waals surface area contributed by atoms with Crippen LogP contribution in [0.1, 0.15) is 43.7 Å². The molecular weight excluding hydrogens is 546 g/mol. The SMILES string of the molecule is CC1(C)CC(=O)C2=C(C1)Oc1nc(Oc3ccccc3)n(-c3ccc(Cl)cc3)c(=O)c1C2c1cccc([N+](=O)[O-])c1. The molecule has 1 atom stereocenters. The van der Waals surface area contributed by atoms with E-state index in [1.54, 1.807) is 54.6 Å². The second-order valence-electron chi connectivity index (χ2n) is 10.8. The van der Waals surface area contributed by atoms with E-state index in [1.165, 1.54) is 22.8 Å². The van der Waals surface area contributed by atoms with Crippen LogP contribution in [-0.2, 0) is 4.79 Å². The van der Waals surface area contributed by atoms with Crippen LogP contribution in [0.2, 0.25) is 5.02 Å². The van der Waals surface area contributed by atoms with Crippen molar-refractivity contribution in [3.8, 4) is 23.3 Å². The van der Waals surface area contributed by atoms with Crippen molar-refractivity contribution in [2.45, 2.75) is 32.6 Å². The number of carbonyl (C=O) groups is 1. The van der Waals surface area contributed by atoms with Crippen molar-refractivity contribution in [2.24, 2.45) is 5.41 Å². The summed E-state index contributed by atoms with van der Waals surface area (Å²) in [5, 5.41) is 12.1. The van der Waals surface area contributed by atoms with Crippen molar-refractivity contribution in [1.82, 2.24) is 9.55 Å². The highest BCUT2D eigenvalue weighted by Crippen LogP contribution is 2.49. The molecular formula is C31H24ClN3O6. The Morgan fingerprint density at radius 1 is 1.02 bits per heavy atom. The van der Waals surface area contributed by atoms with E-state index in [4.69, 9.17) is 21.1 Å². The lowest BCUT2D eigenvalue weighted by molar-refractivity contribution is -0.384. The molecule has 1 aliphatic heterocycles. The van der Waals surface area contributed by atoms with E-state index < -0.39 is 16.4 Å². The van der Waals surface area contributed by atoms with Crippen molar-refractivity contribution in [1.29, 1.82) is 0 Å². The summed E-state index contributed by atoms with van der Waals surface area (Å²) in [5.74, 6) is -0.270. The van der Waals surface area contributed by atoms with Gasteiger partial charge in [-0.1, -0.05) is 55.8 Å². The molecule has 1 unspecified atom stereocenters. The predicted octanol–water partition coefficient (Wildman–Crippen LogP) is 6.75. The number of para-hydroxylation sites is 1. The van der Waals surface area contributed by atoms with Gasteiger partial charge in [0, 0.05) is 35.6 Å². The Kier molecular flexibility index (Phi) is 6.46. The molecule has 4 aromatic rings. The van der Waals surface area contributed by atoms with Crippen LogP contribution in [0, 0.1) is 15.5 Å². The second-order valence-corrected chi connectivity index (χ2v) is 11.2. The number of nitro benzene ring substituents is 1. The molecule has 0 saturated carbocycles. The van der Waals surface area contributed by atoms with Crippen molar-refractivity contribution >= 4 is 23.1 Å². The minimum atomic E-state index is -0.929. The van der Waals surface area contributed by atoms with Gasteiger partial charge in [-0.3, -0.25) is 19.7 Å². The molecule has 1 aromatic heterocycles. The Morgan fingerprint density at radius 3 is 2.46 bits per heavy atom. The minimum Gasteiger partial charge on any atom is -0.442 e. The maximum atomic E-state index is 14.5. The summed E-state index contributed by atoms with van der Waals surface area (Å²) in [7, 11) is 0. The fraction of sp³-hybridized carbons (Fsp3) is 0.194. The monoisotopic (exact) mass is 569 g/mol. The Bertz CT molecular complexity index is 1800. The number of ketones is 1. The van der Waals surface area contributed by atoms with E-state index in [0.717, 1.165) is 0 Å². The van der Waals surface area contributed by atoms with E-state index in [0.29, 0.717) is 39.8 Å². The van der Waals surface area contributed by atoms with Crippen LogP contribution in [0.25, 0.3) is 5.69 Å². The number of aromatic nitrogens is 2. The summed E-state index contributed by atoms with van der Waals surface area (Å²) < 4.78 is 13.6. The number of allylic oxidation sites excluding steroid dienone is 2. The lowest BCUT2D eigenvalue weighted by Crippen LogP contribution is -2.37. The second kappa shape index (κ2) is 10.0. The maximum absolute atomic E-state index is 14.5. The zero-order chi connectivity index (χ0) is 28.9. The van der Waals surface area contributed by atoms with Gasteiger partial charge in [-0.25, -0.2) is 4.57 Å². The van der Waals surface area contributed by atoms with Gasteiger partial charge in [-0.2, -0.15) is 4.98 Å². The molecule has 0 fully saturated rings. The first-order chi connectivity index (χ1) is 19.6. The average molecular weight is 570 g/mol. The molecule has 10 heteroatoms. The number of hydrogen-bond donors (Lipinski definition) is 0. The number of non-ortho nitro benzene ring substituents is 1. The Morgan fingerprint density at radius 2 is 1.76 bits per heavy atom.